The smallest absolute Gasteiger partial charge is 0.430 e. The third-order valence-electron chi connectivity index (χ3n) is 8.76. The number of methoxy groups -OCH3 is 1. The standard InChI is InChI=1S/C36H49N3O4.C2HF3O2/c1-4-6-8-10-16-22-38-25-28(39(27-38)23-17-11-9-7-5-2)24-34(35(40)42-3)37-36(41)43-26-33-31-20-14-12-18-29(31)30-19-13-15-21-32(30)33;3-2(4,5)1(6)7/h12-15,18-21,25,27,33-34H,4-11,16-17,22-24,26H2,1-3H3;(H,6,7)/t34-;/m0./s1. The van der Waals surface area contributed by atoms with Crippen LogP contribution < -0.4 is 15.0 Å². The summed E-state index contributed by atoms with van der Waals surface area (Å²) in [5, 5.41) is 11.6. The number of nitrogens with one attached hydrogen (secondary N) is 1. The maximum Gasteiger partial charge on any atom is 0.430 e. The van der Waals surface area contributed by atoms with E-state index in [4.69, 9.17) is 19.4 Å². The zero-order valence-corrected chi connectivity index (χ0v) is 29.3. The molecule has 0 radical (unpaired) electrons. The number of hydrogen-bond acceptors (Lipinski definition) is 6. The zero-order chi connectivity index (χ0) is 36.5. The van der Waals surface area contributed by atoms with Crippen LogP contribution in [0.3, 0.4) is 0 Å². The molecule has 0 aliphatic heterocycles. The van der Waals surface area contributed by atoms with Gasteiger partial charge in [0.15, 0.2) is 0 Å². The van der Waals surface area contributed by atoms with Gasteiger partial charge >= 0.3 is 18.2 Å². The minimum absolute atomic E-state index is 0.0454. The molecule has 4 rings (SSSR count). The summed E-state index contributed by atoms with van der Waals surface area (Å²) >= 11 is 0. The van der Waals surface area contributed by atoms with Gasteiger partial charge in [0.2, 0.25) is 6.33 Å². The molecule has 0 unspecified atom stereocenters. The molecule has 1 amide bonds. The highest BCUT2D eigenvalue weighted by atomic mass is 19.4. The first-order chi connectivity index (χ1) is 24.0. The molecule has 0 fully saturated rings. The number of fused-ring (bicyclic) bond motifs is 3. The predicted molar refractivity (Wildman–Crippen MR) is 181 cm³/mol. The van der Waals surface area contributed by atoms with E-state index in [1.54, 1.807) is 0 Å². The van der Waals surface area contributed by atoms with E-state index in [0.29, 0.717) is 6.42 Å². The number of ether oxygens (including phenoxy) is 2. The van der Waals surface area contributed by atoms with Gasteiger partial charge in [-0.05, 0) is 47.9 Å². The molecule has 2 aromatic carbocycles. The van der Waals surface area contributed by atoms with Gasteiger partial charge < -0.3 is 24.7 Å². The number of carboxylic acids is 1. The Balaban J connectivity index is 0.000000872. The fourth-order valence-electron chi connectivity index (χ4n) is 6.16. The summed E-state index contributed by atoms with van der Waals surface area (Å²) in [6, 6.07) is 15.7. The van der Waals surface area contributed by atoms with Gasteiger partial charge in [0, 0.05) is 12.3 Å². The highest BCUT2D eigenvalue weighted by Crippen LogP contribution is 2.44. The Labute approximate surface area is 292 Å². The van der Waals surface area contributed by atoms with Crippen molar-refractivity contribution in [2.45, 2.75) is 116 Å². The number of hydrogen-bond donors (Lipinski definition) is 1. The van der Waals surface area contributed by atoms with E-state index < -0.39 is 30.2 Å². The number of halogens is 3. The first-order valence-electron chi connectivity index (χ1n) is 17.6. The van der Waals surface area contributed by atoms with Crippen LogP contribution in [0.1, 0.15) is 101 Å². The van der Waals surface area contributed by atoms with Crippen molar-refractivity contribution in [3.8, 4) is 11.1 Å². The molecule has 0 saturated heterocycles. The Morgan fingerprint density at radius 1 is 0.880 bits per heavy atom. The Morgan fingerprint density at radius 3 is 1.96 bits per heavy atom. The number of rotatable bonds is 18. The maximum absolute atomic E-state index is 13.1. The number of esters is 1. The third-order valence-corrected chi connectivity index (χ3v) is 8.76. The number of imidazole rings is 1. The lowest BCUT2D eigenvalue weighted by Crippen LogP contribution is -2.44. The van der Waals surface area contributed by atoms with Crippen LogP contribution in [0, 0.1) is 0 Å². The summed E-state index contributed by atoms with van der Waals surface area (Å²) in [6.07, 6.45) is 10.9. The number of aromatic nitrogens is 2. The van der Waals surface area contributed by atoms with Gasteiger partial charge in [-0.15, -0.1) is 0 Å². The Morgan fingerprint density at radius 2 is 1.42 bits per heavy atom. The number of aliphatic carboxylic acids is 1. The van der Waals surface area contributed by atoms with Crippen LogP contribution in [0.25, 0.3) is 11.1 Å². The minimum Gasteiger partial charge on any atom is -0.542 e. The van der Waals surface area contributed by atoms with Crippen molar-refractivity contribution in [2.75, 3.05) is 13.7 Å². The highest BCUT2D eigenvalue weighted by Gasteiger charge is 2.31. The van der Waals surface area contributed by atoms with Crippen molar-refractivity contribution in [1.29, 1.82) is 0 Å². The molecule has 1 aliphatic carbocycles. The van der Waals surface area contributed by atoms with E-state index in [-0.39, 0.29) is 12.5 Å². The summed E-state index contributed by atoms with van der Waals surface area (Å²) in [5.41, 5.74) is 5.66. The van der Waals surface area contributed by atoms with Crippen LogP contribution in [-0.2, 0) is 38.6 Å². The molecule has 1 N–H and O–H groups in total. The summed E-state index contributed by atoms with van der Waals surface area (Å²) in [6.45, 7) is 6.49. The number of nitrogens with zero attached hydrogens (tertiary/aromatic N) is 2. The lowest BCUT2D eigenvalue weighted by Gasteiger charge is -2.18. The second-order valence-corrected chi connectivity index (χ2v) is 12.5. The molecule has 1 atom stereocenters. The molecule has 9 nitrogen and oxygen atoms in total. The Hall–Kier alpha value is -4.35. The monoisotopic (exact) mass is 701 g/mol. The fourth-order valence-corrected chi connectivity index (χ4v) is 6.16. The van der Waals surface area contributed by atoms with E-state index in [2.05, 4.69) is 65.1 Å². The number of alkyl halides is 3. The third kappa shape index (κ3) is 12.2. The molecule has 0 saturated carbocycles. The van der Waals surface area contributed by atoms with Crippen molar-refractivity contribution in [3.05, 3.63) is 77.9 Å². The van der Waals surface area contributed by atoms with Crippen molar-refractivity contribution in [3.63, 3.8) is 0 Å². The Kier molecular flexibility index (Phi) is 16.3. The van der Waals surface area contributed by atoms with Crippen molar-refractivity contribution < 1.29 is 46.7 Å². The molecule has 12 heteroatoms. The molecule has 0 spiro atoms. The SMILES string of the molecule is CCCCCCCn1c[n+](CCCCCCC)cc1C[C@H](NC(=O)OCC1c2ccccc2-c2ccccc21)C(=O)OC.O=C([O-])C(F)(F)F. The molecule has 1 aromatic heterocycles. The number of benzene rings is 2. The van der Waals surface area contributed by atoms with E-state index >= 15 is 0 Å². The number of aryl methyl sites for hydroxylation is 2. The van der Waals surface area contributed by atoms with Gasteiger partial charge in [0.05, 0.1) is 20.2 Å². The van der Waals surface area contributed by atoms with Gasteiger partial charge in [-0.1, -0.05) is 101 Å². The lowest BCUT2D eigenvalue weighted by molar-refractivity contribution is -0.697. The number of unbranched alkanes of at least 4 members (excludes halogenated alkanes) is 8. The van der Waals surface area contributed by atoms with Crippen molar-refractivity contribution in [1.82, 2.24) is 9.88 Å². The number of amides is 1. The second-order valence-electron chi connectivity index (χ2n) is 12.5. The zero-order valence-electron chi connectivity index (χ0n) is 29.3. The van der Waals surface area contributed by atoms with Crippen LogP contribution in [0.15, 0.2) is 61.1 Å². The topological polar surface area (TPSA) is 114 Å². The predicted octanol–water partition coefficient (Wildman–Crippen LogP) is 6.64. The molecule has 0 bridgehead atoms. The van der Waals surface area contributed by atoms with Crippen molar-refractivity contribution >= 4 is 18.0 Å². The first-order valence-corrected chi connectivity index (χ1v) is 17.6. The average Bonchev–Trinajstić information content (AvgIpc) is 3.63. The molecular formula is C38H50F3N3O6. The van der Waals surface area contributed by atoms with Crippen LogP contribution in [0.4, 0.5) is 18.0 Å². The summed E-state index contributed by atoms with van der Waals surface area (Å²) in [5.74, 6) is -3.53. The molecule has 50 heavy (non-hydrogen) atoms. The minimum atomic E-state index is -5.19. The molecule has 3 aromatic rings. The van der Waals surface area contributed by atoms with Crippen LogP contribution in [0.2, 0.25) is 0 Å². The van der Waals surface area contributed by atoms with Crippen LogP contribution >= 0.6 is 0 Å². The molecular weight excluding hydrogens is 651 g/mol. The van der Waals surface area contributed by atoms with E-state index in [0.717, 1.165) is 42.8 Å². The lowest BCUT2D eigenvalue weighted by atomic mass is 9.98. The quantitative estimate of drug-likeness (QED) is 0.0905. The summed E-state index contributed by atoms with van der Waals surface area (Å²) < 4.78 is 46.9. The molecule has 1 aliphatic rings. The van der Waals surface area contributed by atoms with E-state index in [1.165, 1.54) is 69.6 Å². The largest absolute Gasteiger partial charge is 0.542 e. The fraction of sp³-hybridized carbons (Fsp3) is 0.526. The van der Waals surface area contributed by atoms with Crippen LogP contribution in [-0.4, -0.2) is 48.5 Å². The second kappa shape index (κ2) is 20.4. The number of carboxylic acid groups (broad SMARTS) is 1. The van der Waals surface area contributed by atoms with Gasteiger partial charge in [-0.2, -0.15) is 13.2 Å². The first kappa shape index (κ1) is 40.1. The van der Waals surface area contributed by atoms with Gasteiger partial charge in [0.1, 0.15) is 30.5 Å². The van der Waals surface area contributed by atoms with E-state index in [1.807, 2.05) is 24.3 Å². The van der Waals surface area contributed by atoms with Gasteiger partial charge in [-0.3, -0.25) is 0 Å². The van der Waals surface area contributed by atoms with E-state index in [9.17, 15) is 22.8 Å². The normalized spacial score (nSPS) is 12.7. The number of alkyl carbamates (subject to hydrolysis) is 1. The average molecular weight is 702 g/mol. The summed E-state index contributed by atoms with van der Waals surface area (Å²) in [4.78, 5) is 34.7. The number of carbonyl (C=O) groups excluding carboxylic acids is 3. The summed E-state index contributed by atoms with van der Waals surface area (Å²) in [7, 11) is 1.36. The molecule has 274 valence electrons. The van der Waals surface area contributed by atoms with Crippen LogP contribution in [0.5, 0.6) is 0 Å². The van der Waals surface area contributed by atoms with Gasteiger partial charge in [-0.25, -0.2) is 18.7 Å². The maximum atomic E-state index is 13.1. The Bertz CT molecular complexity index is 1480. The highest BCUT2D eigenvalue weighted by molar-refractivity contribution is 5.82. The molecule has 1 heterocycles. The van der Waals surface area contributed by atoms with Crippen molar-refractivity contribution in [2.24, 2.45) is 0 Å². The van der Waals surface area contributed by atoms with Gasteiger partial charge in [0.25, 0.3) is 0 Å². The number of carbonyl (C=O) groups is 3.